The van der Waals surface area contributed by atoms with Crippen LogP contribution in [0.1, 0.15) is 115 Å². The van der Waals surface area contributed by atoms with Crippen molar-refractivity contribution < 1.29 is 0 Å². The first-order valence-corrected chi connectivity index (χ1v) is 23.4. The van der Waals surface area contributed by atoms with Crippen LogP contribution in [-0.4, -0.2) is 28.6 Å². The lowest BCUT2D eigenvalue weighted by molar-refractivity contribution is 0.718. The molecule has 3 unspecified atom stereocenters. The minimum atomic E-state index is -1.92. The Hall–Kier alpha value is -1.05. The number of halogens is 1. The van der Waals surface area contributed by atoms with E-state index in [0.717, 1.165) is 46.3 Å². The summed E-state index contributed by atoms with van der Waals surface area (Å²) in [4.78, 5) is 3.73. The molecule has 3 aromatic rings. The van der Waals surface area contributed by atoms with E-state index in [1.54, 1.807) is 0 Å². The van der Waals surface area contributed by atoms with Crippen LogP contribution in [0.25, 0.3) is 0 Å². The largest absolute Gasteiger partial charge is 0.0810 e. The second kappa shape index (κ2) is 18.3. The van der Waals surface area contributed by atoms with Crippen molar-refractivity contribution in [1.82, 2.24) is 0 Å². The van der Waals surface area contributed by atoms with Gasteiger partial charge in [-0.15, -0.1) is 0 Å². The first-order chi connectivity index (χ1) is 21.0. The molecule has 44 heavy (non-hydrogen) atoms. The van der Waals surface area contributed by atoms with E-state index in [4.69, 9.17) is 10.7 Å². The maximum absolute atomic E-state index is 8.01. The highest BCUT2D eigenvalue weighted by atomic mass is 35.7. The smallest absolute Gasteiger partial charge is 0.0475 e. The van der Waals surface area contributed by atoms with Gasteiger partial charge in [-0.05, 0) is 87.5 Å². The van der Waals surface area contributed by atoms with Crippen molar-refractivity contribution in [3.8, 4) is 0 Å². The van der Waals surface area contributed by atoms with E-state index in [1.807, 2.05) is 0 Å². The Labute approximate surface area is 285 Å². The molecule has 0 aromatic heterocycles. The predicted octanol–water partition coefficient (Wildman–Crippen LogP) is 12.8. The predicted molar refractivity (Wildman–Crippen MR) is 203 cm³/mol. The fourth-order valence-corrected chi connectivity index (χ4v) is 13.4. The summed E-state index contributed by atoms with van der Waals surface area (Å²) >= 11 is 0. The van der Waals surface area contributed by atoms with E-state index in [2.05, 4.69) is 135 Å². The Balaban J connectivity index is 2.02. The van der Waals surface area contributed by atoms with Gasteiger partial charge in [-0.2, -0.15) is 0 Å². The Kier molecular flexibility index (Phi) is 15.6. The molecule has 0 saturated carbocycles. The van der Waals surface area contributed by atoms with Gasteiger partial charge in [0.05, 0.1) is 0 Å². The van der Waals surface area contributed by atoms with Crippen LogP contribution in [0.4, 0.5) is 0 Å². The Morgan fingerprint density at radius 1 is 0.455 bits per heavy atom. The minimum Gasteiger partial charge on any atom is -0.0810 e. The molecule has 0 N–H and O–H groups in total. The van der Waals surface area contributed by atoms with Crippen molar-refractivity contribution in [1.29, 1.82) is 0 Å². The van der Waals surface area contributed by atoms with Crippen molar-refractivity contribution in [2.75, 3.05) is 0 Å². The van der Waals surface area contributed by atoms with Crippen molar-refractivity contribution >= 4 is 48.5 Å². The van der Waals surface area contributed by atoms with E-state index in [9.17, 15) is 0 Å². The van der Waals surface area contributed by atoms with Crippen molar-refractivity contribution in [2.24, 2.45) is 17.8 Å². The van der Waals surface area contributed by atoms with Gasteiger partial charge in [0.15, 0.2) is 0 Å². The molecule has 0 aliphatic rings. The number of benzene rings is 3. The summed E-state index contributed by atoms with van der Waals surface area (Å²) in [5, 5.41) is 0. The maximum Gasteiger partial charge on any atom is 0.0475 e. The summed E-state index contributed by atoms with van der Waals surface area (Å²) in [5.41, 5.74) is 6.31. The molecule has 5 heteroatoms. The first kappa shape index (κ1) is 37.4. The summed E-state index contributed by atoms with van der Waals surface area (Å²) in [7, 11) is 9.01. The third-order valence-electron chi connectivity index (χ3n) is 8.36. The Morgan fingerprint density at radius 3 is 0.864 bits per heavy atom. The van der Waals surface area contributed by atoms with Crippen LogP contribution in [0.3, 0.4) is 0 Å². The number of hydrogen-bond donors (Lipinski definition) is 0. The highest BCUT2D eigenvalue weighted by Crippen LogP contribution is 2.72. The molecule has 0 aliphatic carbocycles. The van der Waals surface area contributed by atoms with Gasteiger partial charge in [0.2, 0.25) is 0 Å². The molecular formula is C39H57ClSSi3. The van der Waals surface area contributed by atoms with Gasteiger partial charge in [-0.25, -0.2) is 0 Å². The van der Waals surface area contributed by atoms with E-state index >= 15 is 0 Å². The molecule has 3 rings (SSSR count). The van der Waals surface area contributed by atoms with Crippen LogP contribution in [0.15, 0.2) is 87.5 Å². The van der Waals surface area contributed by atoms with E-state index < -0.39 is 9.24 Å². The van der Waals surface area contributed by atoms with Crippen LogP contribution in [0, 0.1) is 17.8 Å². The van der Waals surface area contributed by atoms with Crippen molar-refractivity contribution in [2.45, 2.75) is 131 Å². The summed E-state index contributed by atoms with van der Waals surface area (Å²) < 4.78 is 0. The summed E-state index contributed by atoms with van der Waals surface area (Å²) in [6, 6.07) is 32.3. The standard InChI is InChI=1S/C39H57ClSSi3/c1-10-37(42-25-28(4)5)31-13-19-34(20-14-31)41(40,35-21-15-32(16-22-35)38(11-2)43-26-29(6)7)36-23-17-33(18-24-36)39(12-3)44-27-30(8)9/h13-24,28-30,37-39H,10-12,25-27H2,1-9H3. The molecule has 6 radical (unpaired) electrons. The van der Waals surface area contributed by atoms with Crippen molar-refractivity contribution in [3.05, 3.63) is 89.5 Å². The van der Waals surface area contributed by atoms with Gasteiger partial charge in [0, 0.05) is 43.2 Å². The topological polar surface area (TPSA) is 0 Å². The fraction of sp³-hybridized carbons (Fsp3) is 0.538. The molecule has 0 nitrogen and oxygen atoms in total. The zero-order chi connectivity index (χ0) is 32.3. The monoisotopic (exact) mass is 676 g/mol. The van der Waals surface area contributed by atoms with Crippen molar-refractivity contribution in [3.63, 3.8) is 0 Å². The summed E-state index contributed by atoms with van der Waals surface area (Å²) in [5.74, 6) is 2.26. The molecule has 0 saturated heterocycles. The zero-order valence-electron chi connectivity index (χ0n) is 28.9. The van der Waals surface area contributed by atoms with Gasteiger partial charge >= 0.3 is 0 Å². The van der Waals surface area contributed by atoms with Crippen LogP contribution in [0.2, 0.25) is 18.1 Å². The second-order valence-corrected chi connectivity index (χ2v) is 22.0. The zero-order valence-corrected chi connectivity index (χ0v) is 33.5. The van der Waals surface area contributed by atoms with Crippen LogP contribution in [0.5, 0.6) is 0 Å². The Morgan fingerprint density at radius 2 is 0.682 bits per heavy atom. The molecule has 0 heterocycles. The van der Waals surface area contributed by atoms with Gasteiger partial charge in [0.25, 0.3) is 0 Å². The van der Waals surface area contributed by atoms with Crippen LogP contribution < -0.4 is 0 Å². The average Bonchev–Trinajstić information content (AvgIpc) is 3.02. The quantitative estimate of drug-likeness (QED) is 0.118. The molecule has 3 aromatic carbocycles. The molecule has 238 valence electrons. The molecule has 3 atom stereocenters. The minimum absolute atomic E-state index is 0.639. The van der Waals surface area contributed by atoms with E-state index in [1.165, 1.54) is 68.8 Å². The van der Waals surface area contributed by atoms with E-state index in [0.29, 0.717) is 16.6 Å². The molecular weight excluding hydrogens is 620 g/mol. The third kappa shape index (κ3) is 10.2. The normalized spacial score (nSPS) is 16.2. The van der Waals surface area contributed by atoms with Gasteiger partial charge in [0.1, 0.15) is 0 Å². The molecule has 0 bridgehead atoms. The van der Waals surface area contributed by atoms with Gasteiger partial charge < -0.3 is 0 Å². The lowest BCUT2D eigenvalue weighted by atomic mass is 10.1. The third-order valence-corrected chi connectivity index (χ3v) is 19.6. The SMILES string of the molecule is CCC([Si]CC(C)C)c1ccc(S(Cl)(c2ccc(C(CC)[Si]CC(C)C)cc2)c2ccc(C(CC)[Si]CC(C)C)cc2)cc1. The summed E-state index contributed by atoms with van der Waals surface area (Å²) in [6.07, 6.45) is 3.58. The highest BCUT2D eigenvalue weighted by Gasteiger charge is 2.30. The second-order valence-electron chi connectivity index (χ2n) is 13.5. The lowest BCUT2D eigenvalue weighted by Gasteiger charge is -2.35. The fourth-order valence-electron chi connectivity index (χ4n) is 5.70. The summed E-state index contributed by atoms with van der Waals surface area (Å²) in [6.45, 7) is 21.0. The number of hydrogen-bond acceptors (Lipinski definition) is 0. The highest BCUT2D eigenvalue weighted by molar-refractivity contribution is 8.51. The lowest BCUT2D eigenvalue weighted by Crippen LogP contribution is -2.10. The van der Waals surface area contributed by atoms with Crippen LogP contribution in [-0.2, 0) is 0 Å². The van der Waals surface area contributed by atoms with Crippen LogP contribution >= 0.6 is 19.9 Å². The molecule has 0 fully saturated rings. The number of rotatable bonds is 18. The van der Waals surface area contributed by atoms with Gasteiger partial charge in [-0.1, -0.05) is 156 Å². The molecule has 0 aliphatic heterocycles. The first-order valence-electron chi connectivity index (χ1n) is 17.1. The molecule has 0 spiro atoms. The molecule has 0 amide bonds. The van der Waals surface area contributed by atoms with Gasteiger partial charge in [-0.3, -0.25) is 0 Å². The Bertz CT molecular complexity index is 1070. The van der Waals surface area contributed by atoms with E-state index in [-0.39, 0.29) is 0 Å². The maximum atomic E-state index is 8.01. The average molecular weight is 678 g/mol.